The van der Waals surface area contributed by atoms with Crippen molar-refractivity contribution in [3.05, 3.63) is 18.6 Å². The van der Waals surface area contributed by atoms with Gasteiger partial charge in [0.1, 0.15) is 17.7 Å². The van der Waals surface area contributed by atoms with E-state index in [4.69, 9.17) is 4.74 Å². The third-order valence-electron chi connectivity index (χ3n) is 5.30. The average molecular weight is 592 g/mol. The zero-order valence-corrected chi connectivity index (χ0v) is 24.7. The Morgan fingerprint density at radius 3 is 2.18 bits per heavy atom. The SMILES string of the molecule is CC.CC.CC(C)(C)OC(=O)N1C[C@H]2CCC[C@H]2C1.CN(C)c1ncnc2c1ccn2SI. The Labute approximate surface area is 216 Å². The van der Waals surface area contributed by atoms with Crippen molar-refractivity contribution < 1.29 is 9.53 Å². The number of nitrogens with zero attached hydrogens (tertiary/aromatic N) is 5. The van der Waals surface area contributed by atoms with Crippen LogP contribution in [0.1, 0.15) is 67.7 Å². The second kappa shape index (κ2) is 14.2. The molecule has 1 aliphatic heterocycles. The molecule has 0 radical (unpaired) electrons. The molecule has 9 heteroatoms. The molecule has 3 heterocycles. The third-order valence-corrected chi connectivity index (χ3v) is 7.02. The van der Waals surface area contributed by atoms with E-state index in [1.54, 1.807) is 15.4 Å². The highest BCUT2D eigenvalue weighted by atomic mass is 127. The highest BCUT2D eigenvalue weighted by Crippen LogP contribution is 2.38. The maximum absolute atomic E-state index is 11.8. The van der Waals surface area contributed by atoms with Crippen molar-refractivity contribution in [3.63, 3.8) is 0 Å². The molecule has 2 aliphatic rings. The minimum Gasteiger partial charge on any atom is -0.444 e. The first kappa shape index (κ1) is 29.8. The Bertz CT molecular complexity index is 841. The van der Waals surface area contributed by atoms with Crippen LogP contribution in [0.2, 0.25) is 0 Å². The number of ether oxygens (including phenoxy) is 1. The van der Waals surface area contributed by atoms with E-state index >= 15 is 0 Å². The molecule has 0 aromatic carbocycles. The quantitative estimate of drug-likeness (QED) is 0.349. The lowest BCUT2D eigenvalue weighted by atomic mass is 10.0. The van der Waals surface area contributed by atoms with Gasteiger partial charge in [0.15, 0.2) is 5.65 Å². The van der Waals surface area contributed by atoms with Gasteiger partial charge < -0.3 is 14.5 Å². The molecule has 188 valence electrons. The van der Waals surface area contributed by atoms with E-state index in [1.807, 2.05) is 88.6 Å². The van der Waals surface area contributed by atoms with Crippen LogP contribution in [-0.4, -0.2) is 57.7 Å². The highest BCUT2D eigenvalue weighted by Gasteiger charge is 2.39. The molecule has 0 bridgehead atoms. The molecule has 1 amide bonds. The normalized spacial score (nSPS) is 18.8. The lowest BCUT2D eigenvalue weighted by Crippen LogP contribution is -2.35. The number of likely N-dealkylation sites (tertiary alicyclic amines) is 1. The Morgan fingerprint density at radius 1 is 1.12 bits per heavy atom. The zero-order chi connectivity index (χ0) is 25.2. The van der Waals surface area contributed by atoms with Crippen LogP contribution in [0.3, 0.4) is 0 Å². The number of rotatable bonds is 2. The number of hydrogen-bond acceptors (Lipinski definition) is 6. The second-order valence-electron chi connectivity index (χ2n) is 8.88. The molecule has 2 fully saturated rings. The van der Waals surface area contributed by atoms with Crippen LogP contribution in [0, 0.1) is 11.8 Å². The van der Waals surface area contributed by atoms with Crippen molar-refractivity contribution in [2.24, 2.45) is 11.8 Å². The number of fused-ring (bicyclic) bond motifs is 2. The fourth-order valence-electron chi connectivity index (χ4n) is 4.04. The van der Waals surface area contributed by atoms with Crippen LogP contribution < -0.4 is 4.90 Å². The summed E-state index contributed by atoms with van der Waals surface area (Å²) < 4.78 is 7.39. The van der Waals surface area contributed by atoms with E-state index in [1.165, 1.54) is 19.3 Å². The Balaban J connectivity index is 0.000000288. The van der Waals surface area contributed by atoms with Gasteiger partial charge in [0.2, 0.25) is 0 Å². The Morgan fingerprint density at radius 2 is 1.70 bits per heavy atom. The summed E-state index contributed by atoms with van der Waals surface area (Å²) in [5.74, 6) is 2.45. The van der Waals surface area contributed by atoms with Gasteiger partial charge in [-0.3, -0.25) is 3.97 Å². The van der Waals surface area contributed by atoms with Gasteiger partial charge in [-0.15, -0.1) is 0 Å². The van der Waals surface area contributed by atoms with E-state index in [0.717, 1.165) is 41.8 Å². The van der Waals surface area contributed by atoms with Gasteiger partial charge in [-0.2, -0.15) is 0 Å². The van der Waals surface area contributed by atoms with E-state index in [0.29, 0.717) is 0 Å². The summed E-state index contributed by atoms with van der Waals surface area (Å²) in [4.78, 5) is 24.2. The molecule has 2 atom stereocenters. The standard InChI is InChI=1S/C12H21NO2.C8H9IN4S.2C2H6/c1-12(2,3)15-11(14)13-7-9-5-4-6-10(9)8-13;1-12(2)7-6-3-4-13(14-9)8(6)11-5-10-7;2*1-2/h9-10H,4-8H2,1-3H3;3-5H,1-2H3;2*1-2H3/t9-,10+;;;. The number of halogens is 1. The van der Waals surface area contributed by atoms with Gasteiger partial charge in [-0.1, -0.05) is 34.1 Å². The van der Waals surface area contributed by atoms with E-state index in [2.05, 4.69) is 31.2 Å². The predicted molar refractivity (Wildman–Crippen MR) is 150 cm³/mol. The van der Waals surface area contributed by atoms with Crippen molar-refractivity contribution >= 4 is 53.3 Å². The molecule has 0 N–H and O–H groups in total. The number of hydrogen-bond donors (Lipinski definition) is 0. The molecule has 2 aromatic heterocycles. The van der Waals surface area contributed by atoms with Crippen molar-refractivity contribution in [2.45, 2.75) is 73.3 Å². The van der Waals surface area contributed by atoms with Crippen LogP contribution in [0.25, 0.3) is 11.0 Å². The molecule has 33 heavy (non-hydrogen) atoms. The van der Waals surface area contributed by atoms with E-state index in [-0.39, 0.29) is 11.7 Å². The number of carbonyl (C=O) groups is 1. The van der Waals surface area contributed by atoms with Gasteiger partial charge in [0.05, 0.1) is 5.39 Å². The first-order chi connectivity index (χ1) is 15.7. The van der Waals surface area contributed by atoms with Crippen molar-refractivity contribution in [1.29, 1.82) is 0 Å². The van der Waals surface area contributed by atoms with Crippen LogP contribution in [0.5, 0.6) is 0 Å². The molecule has 7 nitrogen and oxygen atoms in total. The molecule has 1 aliphatic carbocycles. The summed E-state index contributed by atoms with van der Waals surface area (Å²) in [5.41, 5.74) is 0.595. The first-order valence-electron chi connectivity index (χ1n) is 12.0. The maximum Gasteiger partial charge on any atom is 0.410 e. The molecular weight excluding hydrogens is 549 g/mol. The summed E-state index contributed by atoms with van der Waals surface area (Å²) in [6, 6.07) is 2.04. The van der Waals surface area contributed by atoms with Gasteiger partial charge in [0, 0.05) is 63.7 Å². The van der Waals surface area contributed by atoms with Crippen molar-refractivity contribution in [2.75, 3.05) is 32.1 Å². The average Bonchev–Trinajstić information content (AvgIpc) is 3.50. The van der Waals surface area contributed by atoms with E-state index in [9.17, 15) is 4.79 Å². The number of carbonyl (C=O) groups excluding carboxylic acids is 1. The summed E-state index contributed by atoms with van der Waals surface area (Å²) >= 11 is 2.23. The number of anilines is 1. The predicted octanol–water partition coefficient (Wildman–Crippen LogP) is 7.05. The van der Waals surface area contributed by atoms with Crippen LogP contribution in [-0.2, 0) is 4.74 Å². The van der Waals surface area contributed by atoms with Gasteiger partial charge in [0.25, 0.3) is 0 Å². The number of aromatic nitrogens is 3. The van der Waals surface area contributed by atoms with Crippen molar-refractivity contribution in [3.8, 4) is 0 Å². The first-order valence-corrected chi connectivity index (χ1v) is 15.3. The minimum atomic E-state index is -0.366. The minimum absolute atomic E-state index is 0.128. The molecular formula is C24H42IN5O2S. The summed E-state index contributed by atoms with van der Waals surface area (Å²) in [7, 11) is 5.57. The Kier molecular flexibility index (Phi) is 12.9. The van der Waals surface area contributed by atoms with Crippen LogP contribution in [0.15, 0.2) is 18.6 Å². The molecule has 1 saturated heterocycles. The summed E-state index contributed by atoms with van der Waals surface area (Å²) in [5, 5.41) is 1.08. The monoisotopic (exact) mass is 591 g/mol. The third kappa shape index (κ3) is 8.49. The largest absolute Gasteiger partial charge is 0.444 e. The molecule has 4 rings (SSSR count). The highest BCUT2D eigenvalue weighted by molar-refractivity contribution is 14.2. The Hall–Kier alpha value is -1.23. The summed E-state index contributed by atoms with van der Waals surface area (Å²) in [6.07, 6.45) is 7.41. The molecule has 2 aromatic rings. The smallest absolute Gasteiger partial charge is 0.410 e. The molecule has 0 spiro atoms. The fraction of sp³-hybridized carbons (Fsp3) is 0.708. The maximum atomic E-state index is 11.8. The second-order valence-corrected chi connectivity index (χ2v) is 10.6. The van der Waals surface area contributed by atoms with Gasteiger partial charge >= 0.3 is 6.09 Å². The van der Waals surface area contributed by atoms with Crippen molar-refractivity contribution in [1.82, 2.24) is 18.8 Å². The lowest BCUT2D eigenvalue weighted by molar-refractivity contribution is 0.0280. The van der Waals surface area contributed by atoms with Gasteiger partial charge in [-0.05, 0) is 51.5 Å². The zero-order valence-electron chi connectivity index (χ0n) is 21.8. The molecule has 0 unspecified atom stereocenters. The van der Waals surface area contributed by atoms with E-state index < -0.39 is 0 Å². The summed E-state index contributed by atoms with van der Waals surface area (Å²) in [6.45, 7) is 15.6. The number of amides is 1. The fourth-order valence-corrected chi connectivity index (χ4v) is 5.31. The van der Waals surface area contributed by atoms with Gasteiger partial charge in [-0.25, -0.2) is 14.8 Å². The van der Waals surface area contributed by atoms with Crippen LogP contribution in [0.4, 0.5) is 10.6 Å². The lowest BCUT2D eigenvalue weighted by Gasteiger charge is -2.24. The van der Waals surface area contributed by atoms with Crippen LogP contribution >= 0.6 is 30.3 Å². The topological polar surface area (TPSA) is 63.5 Å². The molecule has 1 saturated carbocycles.